The number of benzene rings is 1. The molecule has 5 heteroatoms. The lowest BCUT2D eigenvalue weighted by atomic mass is 9.80. The van der Waals surface area contributed by atoms with E-state index in [0.29, 0.717) is 23.3 Å². The van der Waals surface area contributed by atoms with Crippen LogP contribution in [0.25, 0.3) is 0 Å². The number of hydrogen-bond acceptors (Lipinski definition) is 3. The van der Waals surface area contributed by atoms with Gasteiger partial charge in [0.05, 0.1) is 5.92 Å². The number of halogens is 1. The molecule has 0 amide bonds. The summed E-state index contributed by atoms with van der Waals surface area (Å²) < 4.78 is 20.0. The molecule has 2 atom stereocenters. The fourth-order valence-corrected chi connectivity index (χ4v) is 4.26. The van der Waals surface area contributed by atoms with Crippen LogP contribution in [0.3, 0.4) is 0 Å². The highest BCUT2D eigenvalue weighted by atomic mass is 28.3. The molecule has 0 radical (unpaired) electrons. The largest absolute Gasteiger partial charge is 0.424 e. The first-order valence-electron chi connectivity index (χ1n) is 10.6. The third-order valence-electron chi connectivity index (χ3n) is 5.61. The van der Waals surface area contributed by atoms with E-state index < -0.39 is 8.07 Å². The molecule has 2 aliphatic rings. The van der Waals surface area contributed by atoms with Crippen LogP contribution in [0.4, 0.5) is 4.39 Å². The van der Waals surface area contributed by atoms with Crippen LogP contribution in [-0.4, -0.2) is 18.3 Å². The summed E-state index contributed by atoms with van der Waals surface area (Å²) in [5, 5.41) is 8.64. The monoisotopic (exact) mass is 408 g/mol. The van der Waals surface area contributed by atoms with Crippen molar-refractivity contribution in [1.82, 2.24) is 10.2 Å². The Hall–Kier alpha value is -2.19. The molecule has 4 rings (SSSR count). The normalized spacial score (nSPS) is 22.0. The van der Waals surface area contributed by atoms with Crippen LogP contribution < -0.4 is 0 Å². The molecule has 0 saturated heterocycles. The van der Waals surface area contributed by atoms with Gasteiger partial charge in [-0.15, -0.1) is 15.7 Å². The Kier molecular flexibility index (Phi) is 5.48. The molecule has 2 aliphatic carbocycles. The topological polar surface area (TPSA) is 38.9 Å². The molecule has 2 unspecified atom stereocenters. The molecular weight excluding hydrogens is 379 g/mol. The highest BCUT2D eigenvalue weighted by Gasteiger charge is 2.33. The first kappa shape index (κ1) is 20.1. The Labute approximate surface area is 173 Å². The highest BCUT2D eigenvalue weighted by Crippen LogP contribution is 2.42. The standard InChI is InChI=1S/C24H29FN2OSi/c1-16-5-6-18(15-22(16)25)13-17-7-10-21(20(14-17)11-12-29(2,3)4)24-27-26-23(28-24)19-8-9-19/h5-6,14-15,17,19,21H,7-10,13H2,1-4H3. The zero-order chi connectivity index (χ0) is 20.6. The fourth-order valence-electron chi connectivity index (χ4n) is 3.74. The average Bonchev–Trinajstić information content (AvgIpc) is 3.40. The van der Waals surface area contributed by atoms with Gasteiger partial charge < -0.3 is 4.42 Å². The second-order valence-electron chi connectivity index (χ2n) is 9.55. The van der Waals surface area contributed by atoms with Gasteiger partial charge in [0.15, 0.2) is 0 Å². The summed E-state index contributed by atoms with van der Waals surface area (Å²) >= 11 is 0. The van der Waals surface area contributed by atoms with Gasteiger partial charge in [-0.05, 0) is 62.1 Å². The minimum absolute atomic E-state index is 0.0878. The second kappa shape index (κ2) is 7.91. The number of aromatic nitrogens is 2. The van der Waals surface area contributed by atoms with Crippen molar-refractivity contribution in [3.8, 4) is 11.5 Å². The van der Waals surface area contributed by atoms with E-state index in [4.69, 9.17) is 4.42 Å². The van der Waals surface area contributed by atoms with E-state index in [1.807, 2.05) is 12.1 Å². The van der Waals surface area contributed by atoms with Crippen LogP contribution in [0.15, 0.2) is 34.3 Å². The van der Waals surface area contributed by atoms with Gasteiger partial charge in [-0.3, -0.25) is 0 Å². The van der Waals surface area contributed by atoms with Crippen LogP contribution in [0.5, 0.6) is 0 Å². The molecule has 0 spiro atoms. The summed E-state index contributed by atoms with van der Waals surface area (Å²) in [5.74, 6) is 5.74. The number of nitrogens with zero attached hydrogens (tertiary/aromatic N) is 2. The smallest absolute Gasteiger partial charge is 0.224 e. The molecule has 1 aromatic heterocycles. The van der Waals surface area contributed by atoms with Crippen LogP contribution in [0.1, 0.15) is 60.4 Å². The molecular formula is C24H29FN2OSi. The van der Waals surface area contributed by atoms with Crippen molar-refractivity contribution in [3.05, 3.63) is 58.6 Å². The van der Waals surface area contributed by atoms with Crippen molar-refractivity contribution in [2.75, 3.05) is 0 Å². The molecule has 152 valence electrons. The minimum atomic E-state index is -1.50. The van der Waals surface area contributed by atoms with E-state index in [1.54, 1.807) is 13.0 Å². The summed E-state index contributed by atoms with van der Waals surface area (Å²) in [6, 6.07) is 5.57. The van der Waals surface area contributed by atoms with Gasteiger partial charge in [-0.1, -0.05) is 43.8 Å². The minimum Gasteiger partial charge on any atom is -0.424 e. The van der Waals surface area contributed by atoms with E-state index in [2.05, 4.69) is 47.4 Å². The molecule has 1 aromatic carbocycles. The Balaban J connectivity index is 1.59. The lowest BCUT2D eigenvalue weighted by Gasteiger charge is -2.24. The average molecular weight is 409 g/mol. The Morgan fingerprint density at radius 2 is 1.86 bits per heavy atom. The van der Waals surface area contributed by atoms with Gasteiger partial charge in [-0.2, -0.15) is 0 Å². The number of aryl methyl sites for hydroxylation is 1. The first-order valence-corrected chi connectivity index (χ1v) is 14.1. The first-order chi connectivity index (χ1) is 13.8. The fraction of sp³-hybridized carbons (Fsp3) is 0.500. The zero-order valence-electron chi connectivity index (χ0n) is 17.8. The molecule has 0 N–H and O–H groups in total. The van der Waals surface area contributed by atoms with Gasteiger partial charge in [0, 0.05) is 11.5 Å². The summed E-state index contributed by atoms with van der Waals surface area (Å²) in [6.07, 6.45) is 7.37. The summed E-state index contributed by atoms with van der Waals surface area (Å²) in [5.41, 5.74) is 6.34. The van der Waals surface area contributed by atoms with Gasteiger partial charge in [0.25, 0.3) is 0 Å². The Morgan fingerprint density at radius 3 is 2.55 bits per heavy atom. The van der Waals surface area contributed by atoms with Crippen LogP contribution in [0, 0.1) is 30.1 Å². The number of rotatable bonds is 4. The third-order valence-corrected chi connectivity index (χ3v) is 6.49. The maximum atomic E-state index is 14.0. The third kappa shape index (κ3) is 5.05. The quantitative estimate of drug-likeness (QED) is 0.464. The lowest BCUT2D eigenvalue weighted by Crippen LogP contribution is -2.18. The van der Waals surface area contributed by atoms with Crippen molar-refractivity contribution in [2.45, 2.75) is 70.5 Å². The maximum absolute atomic E-state index is 14.0. The number of hydrogen-bond donors (Lipinski definition) is 0. The molecule has 0 aliphatic heterocycles. The van der Waals surface area contributed by atoms with Crippen LogP contribution in [-0.2, 0) is 6.42 Å². The molecule has 29 heavy (non-hydrogen) atoms. The maximum Gasteiger partial charge on any atom is 0.224 e. The molecule has 1 saturated carbocycles. The van der Waals surface area contributed by atoms with E-state index in [0.717, 1.165) is 49.1 Å². The molecule has 0 bridgehead atoms. The van der Waals surface area contributed by atoms with Crippen molar-refractivity contribution in [2.24, 2.45) is 5.92 Å². The van der Waals surface area contributed by atoms with Crippen molar-refractivity contribution in [3.63, 3.8) is 0 Å². The van der Waals surface area contributed by atoms with Crippen molar-refractivity contribution < 1.29 is 8.81 Å². The summed E-state index contributed by atoms with van der Waals surface area (Å²) in [6.45, 7) is 8.56. The van der Waals surface area contributed by atoms with Gasteiger partial charge >= 0.3 is 0 Å². The highest BCUT2D eigenvalue weighted by molar-refractivity contribution is 6.83. The van der Waals surface area contributed by atoms with E-state index in [-0.39, 0.29) is 11.7 Å². The predicted molar refractivity (Wildman–Crippen MR) is 116 cm³/mol. The van der Waals surface area contributed by atoms with Gasteiger partial charge in [-0.25, -0.2) is 4.39 Å². The van der Waals surface area contributed by atoms with Crippen molar-refractivity contribution >= 4 is 8.07 Å². The second-order valence-corrected chi connectivity index (χ2v) is 14.3. The zero-order valence-corrected chi connectivity index (χ0v) is 18.8. The Morgan fingerprint density at radius 1 is 1.10 bits per heavy atom. The number of allylic oxidation sites excluding steroid dienone is 2. The summed E-state index contributed by atoms with van der Waals surface area (Å²) in [4.78, 5) is 0. The van der Waals surface area contributed by atoms with Crippen LogP contribution >= 0.6 is 0 Å². The predicted octanol–water partition coefficient (Wildman–Crippen LogP) is 5.94. The molecule has 3 nitrogen and oxygen atoms in total. The summed E-state index contributed by atoms with van der Waals surface area (Å²) in [7, 11) is -1.50. The molecule has 1 fully saturated rings. The van der Waals surface area contributed by atoms with Gasteiger partial charge in [0.2, 0.25) is 11.8 Å². The SMILES string of the molecule is Cc1ccc(CC2C=C(C#C[Si](C)(C)C)C(c3nnc(C4CC4)o3)CC2)cc1F. The molecule has 1 heterocycles. The van der Waals surface area contributed by atoms with Crippen molar-refractivity contribution in [1.29, 1.82) is 0 Å². The van der Waals surface area contributed by atoms with E-state index >= 15 is 0 Å². The van der Waals surface area contributed by atoms with E-state index in [1.165, 1.54) is 0 Å². The molecule has 2 aromatic rings. The lowest BCUT2D eigenvalue weighted by molar-refractivity contribution is 0.398. The van der Waals surface area contributed by atoms with E-state index in [9.17, 15) is 4.39 Å². The van der Waals surface area contributed by atoms with Gasteiger partial charge in [0.1, 0.15) is 13.9 Å². The van der Waals surface area contributed by atoms with Crippen LogP contribution in [0.2, 0.25) is 19.6 Å². The Bertz CT molecular complexity index is 988.